The second-order valence-corrected chi connectivity index (χ2v) is 5.61. The topological polar surface area (TPSA) is 9.86 Å². The highest BCUT2D eigenvalue weighted by molar-refractivity contribution is 5.80. The number of rotatable bonds is 2. The molecule has 114 valence electrons. The molecule has 4 rings (SSSR count). The van der Waals surface area contributed by atoms with Crippen LogP contribution < -0.4 is 0 Å². The number of nitrogens with zero attached hydrogens (tertiary/aromatic N) is 2. The summed E-state index contributed by atoms with van der Waals surface area (Å²) in [6.07, 6.45) is 4.14. The summed E-state index contributed by atoms with van der Waals surface area (Å²) >= 11 is 0. The van der Waals surface area contributed by atoms with E-state index < -0.39 is 0 Å². The Hall–Kier alpha value is -3.36. The summed E-state index contributed by atoms with van der Waals surface area (Å²) in [5.74, 6) is 12.2. The third-order valence-corrected chi connectivity index (χ3v) is 4.10. The Balaban J connectivity index is 1.43. The summed E-state index contributed by atoms with van der Waals surface area (Å²) in [7, 11) is 0. The molecule has 0 aliphatic heterocycles. The number of hydrogen-bond donors (Lipinski definition) is 0. The van der Waals surface area contributed by atoms with E-state index in [1.165, 1.54) is 21.8 Å². The largest absolute Gasteiger partial charge is 0.336 e. The molecule has 0 amide bonds. The molecule has 2 heteroatoms. The van der Waals surface area contributed by atoms with Crippen LogP contribution in [0.4, 0.5) is 0 Å². The highest BCUT2D eigenvalue weighted by Gasteiger charge is 1.97. The molecule has 0 aliphatic rings. The van der Waals surface area contributed by atoms with Crippen LogP contribution in [0.1, 0.15) is 0 Å². The lowest BCUT2D eigenvalue weighted by atomic mass is 10.2. The molecule has 0 spiro atoms. The molecule has 0 fully saturated rings. The van der Waals surface area contributed by atoms with Gasteiger partial charge in [0.25, 0.3) is 0 Å². The molecule has 2 aromatic carbocycles. The van der Waals surface area contributed by atoms with Gasteiger partial charge in [0.1, 0.15) is 0 Å². The molecule has 0 aliphatic carbocycles. The number of hydrogen-bond acceptors (Lipinski definition) is 0. The Kier molecular flexibility index (Phi) is 3.80. The fraction of sp³-hybridized carbons (Fsp3) is 0.0909. The molecule has 24 heavy (non-hydrogen) atoms. The third-order valence-electron chi connectivity index (χ3n) is 4.10. The monoisotopic (exact) mass is 308 g/mol. The van der Waals surface area contributed by atoms with Crippen molar-refractivity contribution < 1.29 is 0 Å². The lowest BCUT2D eigenvalue weighted by molar-refractivity contribution is 0.884. The van der Waals surface area contributed by atoms with Crippen LogP contribution in [0.15, 0.2) is 73.1 Å². The van der Waals surface area contributed by atoms with Gasteiger partial charge >= 0.3 is 0 Å². The van der Waals surface area contributed by atoms with Gasteiger partial charge in [-0.15, -0.1) is 0 Å². The van der Waals surface area contributed by atoms with Crippen molar-refractivity contribution in [1.29, 1.82) is 0 Å². The van der Waals surface area contributed by atoms with Gasteiger partial charge in [-0.1, -0.05) is 48.2 Å². The zero-order valence-corrected chi connectivity index (χ0v) is 13.2. The predicted octanol–water partition coefficient (Wildman–Crippen LogP) is 4.30. The number of fused-ring (bicyclic) bond motifs is 2. The predicted molar refractivity (Wildman–Crippen MR) is 99.4 cm³/mol. The van der Waals surface area contributed by atoms with E-state index in [1.807, 2.05) is 12.1 Å². The van der Waals surface area contributed by atoms with E-state index >= 15 is 0 Å². The number of benzene rings is 2. The summed E-state index contributed by atoms with van der Waals surface area (Å²) in [6, 6.07) is 20.9. The fourth-order valence-electron chi connectivity index (χ4n) is 2.89. The van der Waals surface area contributed by atoms with Gasteiger partial charge in [0.15, 0.2) is 0 Å². The minimum absolute atomic E-state index is 0.661. The van der Waals surface area contributed by atoms with Crippen LogP contribution in [-0.4, -0.2) is 9.13 Å². The summed E-state index contributed by atoms with van der Waals surface area (Å²) in [5, 5.41) is 2.48. The van der Waals surface area contributed by atoms with E-state index in [0.29, 0.717) is 13.1 Å². The Morgan fingerprint density at radius 3 is 1.54 bits per heavy atom. The molecular weight excluding hydrogens is 292 g/mol. The summed E-state index contributed by atoms with van der Waals surface area (Å²) in [5.41, 5.74) is 2.41. The second kappa shape index (κ2) is 6.41. The first-order valence-corrected chi connectivity index (χ1v) is 7.95. The third kappa shape index (κ3) is 2.78. The number of para-hydroxylation sites is 2. The Morgan fingerprint density at radius 2 is 1.04 bits per heavy atom. The summed E-state index contributed by atoms with van der Waals surface area (Å²) in [6.45, 7) is 1.32. The van der Waals surface area contributed by atoms with Crippen molar-refractivity contribution in [2.75, 3.05) is 0 Å². The lowest BCUT2D eigenvalue weighted by Gasteiger charge is -1.98. The van der Waals surface area contributed by atoms with Gasteiger partial charge in [0.05, 0.1) is 13.1 Å². The van der Waals surface area contributed by atoms with E-state index in [1.54, 1.807) is 0 Å². The van der Waals surface area contributed by atoms with E-state index in [4.69, 9.17) is 0 Å². The number of aromatic nitrogens is 2. The van der Waals surface area contributed by atoms with E-state index in [2.05, 4.69) is 93.7 Å². The standard InChI is InChI=1S/C22H16N2/c1(7-15-23-17-13-19-9-3-5-11-21(19)23)2-8-16-24-18-14-20-10-4-6-12-22(20)24/h3-6,9-14,17-18H,15-16H2. The molecular formula is C22H16N2. The van der Waals surface area contributed by atoms with Gasteiger partial charge in [-0.05, 0) is 46.9 Å². The van der Waals surface area contributed by atoms with Crippen molar-refractivity contribution in [3.63, 3.8) is 0 Å². The van der Waals surface area contributed by atoms with Crippen LogP contribution in [0.5, 0.6) is 0 Å². The van der Waals surface area contributed by atoms with Crippen LogP contribution in [0.25, 0.3) is 21.8 Å². The quantitative estimate of drug-likeness (QED) is 0.489. The first-order chi connectivity index (χ1) is 11.9. The van der Waals surface area contributed by atoms with E-state index in [-0.39, 0.29) is 0 Å². The summed E-state index contributed by atoms with van der Waals surface area (Å²) < 4.78 is 4.28. The molecule has 2 aromatic heterocycles. The average Bonchev–Trinajstić information content (AvgIpc) is 3.22. The Labute approximate surface area is 141 Å². The minimum atomic E-state index is 0.661. The van der Waals surface area contributed by atoms with Crippen LogP contribution in [-0.2, 0) is 13.1 Å². The van der Waals surface area contributed by atoms with Crippen LogP contribution in [0.3, 0.4) is 0 Å². The van der Waals surface area contributed by atoms with Gasteiger partial charge in [-0.2, -0.15) is 0 Å². The molecule has 4 aromatic rings. The molecule has 0 saturated heterocycles. The summed E-state index contributed by atoms with van der Waals surface area (Å²) in [4.78, 5) is 0. The maximum Gasteiger partial charge on any atom is 0.0847 e. The Bertz CT molecular complexity index is 1030. The van der Waals surface area contributed by atoms with Gasteiger partial charge in [0.2, 0.25) is 0 Å². The van der Waals surface area contributed by atoms with Crippen molar-refractivity contribution in [3.8, 4) is 23.7 Å². The normalized spacial score (nSPS) is 10.2. The van der Waals surface area contributed by atoms with E-state index in [0.717, 1.165) is 0 Å². The van der Waals surface area contributed by atoms with Crippen LogP contribution in [0, 0.1) is 23.7 Å². The average molecular weight is 308 g/mol. The second-order valence-electron chi connectivity index (χ2n) is 5.61. The molecule has 0 atom stereocenters. The smallest absolute Gasteiger partial charge is 0.0847 e. The zero-order valence-electron chi connectivity index (χ0n) is 13.2. The Morgan fingerprint density at radius 1 is 0.583 bits per heavy atom. The maximum atomic E-state index is 3.13. The van der Waals surface area contributed by atoms with Crippen LogP contribution in [0.2, 0.25) is 0 Å². The highest BCUT2D eigenvalue weighted by atomic mass is 14.9. The first-order valence-electron chi connectivity index (χ1n) is 7.95. The van der Waals surface area contributed by atoms with Gasteiger partial charge < -0.3 is 9.13 Å². The fourth-order valence-corrected chi connectivity index (χ4v) is 2.89. The van der Waals surface area contributed by atoms with Crippen molar-refractivity contribution in [3.05, 3.63) is 73.1 Å². The van der Waals surface area contributed by atoms with Crippen molar-refractivity contribution in [2.45, 2.75) is 13.1 Å². The lowest BCUT2D eigenvalue weighted by Crippen LogP contribution is -1.92. The zero-order chi connectivity index (χ0) is 16.2. The molecule has 0 unspecified atom stereocenters. The van der Waals surface area contributed by atoms with E-state index in [9.17, 15) is 0 Å². The molecule has 0 bridgehead atoms. The van der Waals surface area contributed by atoms with Gasteiger partial charge in [-0.25, -0.2) is 0 Å². The van der Waals surface area contributed by atoms with Gasteiger partial charge in [0, 0.05) is 23.4 Å². The highest BCUT2D eigenvalue weighted by Crippen LogP contribution is 2.15. The maximum absolute atomic E-state index is 3.13. The van der Waals surface area contributed by atoms with Gasteiger partial charge in [-0.3, -0.25) is 0 Å². The SMILES string of the molecule is C(C#CCn1ccc2ccccc21)#CCn1ccc2ccccc21. The minimum Gasteiger partial charge on any atom is -0.336 e. The van der Waals surface area contributed by atoms with Crippen molar-refractivity contribution in [1.82, 2.24) is 9.13 Å². The molecule has 2 nitrogen and oxygen atoms in total. The van der Waals surface area contributed by atoms with Crippen molar-refractivity contribution in [2.24, 2.45) is 0 Å². The molecule has 0 N–H and O–H groups in total. The molecule has 0 radical (unpaired) electrons. The van der Waals surface area contributed by atoms with Crippen molar-refractivity contribution >= 4 is 21.8 Å². The molecule has 2 heterocycles. The molecule has 0 saturated carbocycles. The first kappa shape index (κ1) is 14.2. The van der Waals surface area contributed by atoms with Crippen LogP contribution >= 0.6 is 0 Å².